The average Bonchev–Trinajstić information content (AvgIpc) is 2.82. The molecule has 0 amide bonds. The van der Waals surface area contributed by atoms with Gasteiger partial charge in [-0.3, -0.25) is 0 Å². The number of nitrogen functional groups attached to an aromatic ring is 1. The fraction of sp³-hybridized carbons (Fsp3) is 0.500. The lowest BCUT2D eigenvalue weighted by atomic mass is 10.3. The van der Waals surface area contributed by atoms with Crippen LogP contribution in [0.4, 0.5) is 11.7 Å². The van der Waals surface area contributed by atoms with Crippen LogP contribution in [0.5, 0.6) is 0 Å². The number of nitrogens with zero attached hydrogens (tertiary/aromatic N) is 2. The zero-order chi connectivity index (χ0) is 13.7. The van der Waals surface area contributed by atoms with Crippen molar-refractivity contribution in [3.8, 4) is 0 Å². The van der Waals surface area contributed by atoms with Crippen LogP contribution in [0.1, 0.15) is 20.3 Å². The minimum Gasteiger partial charge on any atom is -0.423 e. The second-order valence-corrected chi connectivity index (χ2v) is 4.57. The molecule has 0 saturated heterocycles. The number of likely N-dealkylation sites (N-methyl/N-ethyl adjacent to an activating group) is 1. The van der Waals surface area contributed by atoms with Crippen molar-refractivity contribution in [3.05, 3.63) is 18.2 Å². The van der Waals surface area contributed by atoms with Crippen molar-refractivity contribution < 1.29 is 4.42 Å². The highest BCUT2D eigenvalue weighted by Crippen LogP contribution is 2.23. The number of aromatic nitrogens is 1. The summed E-state index contributed by atoms with van der Waals surface area (Å²) in [6, 6.07) is 6.11. The number of oxazole rings is 1. The maximum atomic E-state index is 5.85. The molecule has 19 heavy (non-hydrogen) atoms. The summed E-state index contributed by atoms with van der Waals surface area (Å²) in [5, 5.41) is 3.21. The van der Waals surface area contributed by atoms with E-state index in [1.165, 1.54) is 6.42 Å². The molecule has 1 heterocycles. The number of fused-ring (bicyclic) bond motifs is 1. The van der Waals surface area contributed by atoms with Gasteiger partial charge in [-0.05, 0) is 31.6 Å². The van der Waals surface area contributed by atoms with Crippen LogP contribution in [0, 0.1) is 0 Å². The van der Waals surface area contributed by atoms with Crippen molar-refractivity contribution >= 4 is 22.8 Å². The molecule has 0 radical (unpaired) electrons. The van der Waals surface area contributed by atoms with E-state index in [-0.39, 0.29) is 0 Å². The first-order valence-corrected chi connectivity index (χ1v) is 6.85. The van der Waals surface area contributed by atoms with Gasteiger partial charge in [-0.2, -0.15) is 4.98 Å². The molecule has 0 saturated carbocycles. The molecule has 104 valence electrons. The Morgan fingerprint density at radius 3 is 2.84 bits per heavy atom. The number of hydrogen-bond acceptors (Lipinski definition) is 5. The lowest BCUT2D eigenvalue weighted by Gasteiger charge is -2.18. The molecule has 0 fully saturated rings. The van der Waals surface area contributed by atoms with Gasteiger partial charge < -0.3 is 20.4 Å². The Kier molecular flexibility index (Phi) is 4.63. The first-order chi connectivity index (χ1) is 9.24. The van der Waals surface area contributed by atoms with Gasteiger partial charge in [0.1, 0.15) is 5.52 Å². The Bertz CT molecular complexity index is 523. The number of benzene rings is 1. The first-order valence-electron chi connectivity index (χ1n) is 6.85. The molecule has 0 atom stereocenters. The van der Waals surface area contributed by atoms with Crippen molar-refractivity contribution in [1.82, 2.24) is 9.88 Å². The summed E-state index contributed by atoms with van der Waals surface area (Å²) < 4.78 is 5.60. The second-order valence-electron chi connectivity index (χ2n) is 4.57. The summed E-state index contributed by atoms with van der Waals surface area (Å²) in [6.07, 6.45) is 1.17. The second kappa shape index (κ2) is 6.43. The van der Waals surface area contributed by atoms with Gasteiger partial charge in [-0.25, -0.2) is 0 Å². The van der Waals surface area contributed by atoms with Crippen LogP contribution in [-0.2, 0) is 0 Å². The average molecular weight is 262 g/mol. The molecule has 0 aliphatic rings. The van der Waals surface area contributed by atoms with Crippen LogP contribution < -0.4 is 11.1 Å². The van der Waals surface area contributed by atoms with Crippen LogP contribution in [-0.4, -0.2) is 36.1 Å². The fourth-order valence-corrected chi connectivity index (χ4v) is 2.11. The van der Waals surface area contributed by atoms with E-state index in [4.69, 9.17) is 10.2 Å². The Morgan fingerprint density at radius 1 is 1.32 bits per heavy atom. The van der Waals surface area contributed by atoms with E-state index in [1.807, 2.05) is 18.2 Å². The van der Waals surface area contributed by atoms with Gasteiger partial charge in [0.25, 0.3) is 6.01 Å². The minimum atomic E-state index is 0.542. The van der Waals surface area contributed by atoms with E-state index < -0.39 is 0 Å². The lowest BCUT2D eigenvalue weighted by molar-refractivity contribution is 0.299. The molecule has 1 aromatic heterocycles. The molecule has 2 rings (SSSR count). The van der Waals surface area contributed by atoms with E-state index in [1.54, 1.807) is 0 Å². The van der Waals surface area contributed by atoms with Gasteiger partial charge in [0.15, 0.2) is 5.58 Å². The van der Waals surface area contributed by atoms with Crippen LogP contribution in [0.3, 0.4) is 0 Å². The van der Waals surface area contributed by atoms with Crippen molar-refractivity contribution in [1.29, 1.82) is 0 Å². The maximum absolute atomic E-state index is 5.85. The lowest BCUT2D eigenvalue weighted by Crippen LogP contribution is -2.29. The molecule has 0 spiro atoms. The smallest absolute Gasteiger partial charge is 0.295 e. The number of hydrogen-bond donors (Lipinski definition) is 2. The summed E-state index contributed by atoms with van der Waals surface area (Å²) in [5.74, 6) is 0. The molecular formula is C14H22N4O. The minimum absolute atomic E-state index is 0.542. The van der Waals surface area contributed by atoms with Gasteiger partial charge in [-0.1, -0.05) is 19.9 Å². The zero-order valence-electron chi connectivity index (χ0n) is 11.6. The van der Waals surface area contributed by atoms with E-state index in [0.717, 1.165) is 37.3 Å². The predicted octanol–water partition coefficient (Wildman–Crippen LogP) is 2.55. The van der Waals surface area contributed by atoms with Crippen LogP contribution in [0.25, 0.3) is 11.1 Å². The third-order valence-corrected chi connectivity index (χ3v) is 3.14. The highest BCUT2D eigenvalue weighted by atomic mass is 16.4. The number of nitrogens with one attached hydrogen (secondary N) is 1. The van der Waals surface area contributed by atoms with Crippen molar-refractivity contribution in [2.24, 2.45) is 0 Å². The summed E-state index contributed by atoms with van der Waals surface area (Å²) in [7, 11) is 0. The maximum Gasteiger partial charge on any atom is 0.295 e. The highest BCUT2D eigenvalue weighted by molar-refractivity contribution is 5.86. The number of para-hydroxylation sites is 1. The number of rotatable bonds is 7. The molecule has 0 aliphatic carbocycles. The van der Waals surface area contributed by atoms with E-state index in [0.29, 0.717) is 11.7 Å². The predicted molar refractivity (Wildman–Crippen MR) is 79.3 cm³/mol. The van der Waals surface area contributed by atoms with Crippen LogP contribution in [0.2, 0.25) is 0 Å². The molecule has 1 aromatic carbocycles. The van der Waals surface area contributed by atoms with Crippen molar-refractivity contribution in [3.63, 3.8) is 0 Å². The van der Waals surface area contributed by atoms with Crippen LogP contribution >= 0.6 is 0 Å². The Labute approximate surface area is 113 Å². The Morgan fingerprint density at radius 2 is 2.16 bits per heavy atom. The van der Waals surface area contributed by atoms with Crippen molar-refractivity contribution in [2.75, 3.05) is 37.2 Å². The van der Waals surface area contributed by atoms with E-state index in [2.05, 4.69) is 29.0 Å². The van der Waals surface area contributed by atoms with E-state index in [9.17, 15) is 0 Å². The molecule has 0 bridgehead atoms. The van der Waals surface area contributed by atoms with Gasteiger partial charge in [0.2, 0.25) is 0 Å². The Balaban J connectivity index is 1.93. The highest BCUT2D eigenvalue weighted by Gasteiger charge is 2.07. The molecular weight excluding hydrogens is 240 g/mol. The summed E-state index contributed by atoms with van der Waals surface area (Å²) in [5.41, 5.74) is 7.95. The topological polar surface area (TPSA) is 67.3 Å². The molecule has 5 nitrogen and oxygen atoms in total. The third kappa shape index (κ3) is 3.38. The van der Waals surface area contributed by atoms with E-state index >= 15 is 0 Å². The Hall–Kier alpha value is -1.75. The SMILES string of the molecule is CCCN(CC)CCNc1nc2c(N)cccc2o1. The standard InChI is InChI=1S/C14H22N4O/c1-3-9-18(4-2)10-8-16-14-17-13-11(15)6-5-7-12(13)19-14/h5-7H,3-4,8-10,15H2,1-2H3,(H,16,17). The van der Waals surface area contributed by atoms with Crippen molar-refractivity contribution in [2.45, 2.75) is 20.3 Å². The van der Waals surface area contributed by atoms with Gasteiger partial charge in [-0.15, -0.1) is 0 Å². The monoisotopic (exact) mass is 262 g/mol. The third-order valence-electron chi connectivity index (χ3n) is 3.14. The quantitative estimate of drug-likeness (QED) is 0.751. The zero-order valence-corrected chi connectivity index (χ0v) is 11.6. The van der Waals surface area contributed by atoms with Gasteiger partial charge in [0, 0.05) is 13.1 Å². The molecule has 3 N–H and O–H groups in total. The summed E-state index contributed by atoms with van der Waals surface area (Å²) in [6.45, 7) is 8.36. The molecule has 0 unspecified atom stereocenters. The van der Waals surface area contributed by atoms with Gasteiger partial charge >= 0.3 is 0 Å². The summed E-state index contributed by atoms with van der Waals surface area (Å²) in [4.78, 5) is 6.75. The normalized spacial score (nSPS) is 11.3. The summed E-state index contributed by atoms with van der Waals surface area (Å²) >= 11 is 0. The molecule has 5 heteroatoms. The van der Waals surface area contributed by atoms with Gasteiger partial charge in [0.05, 0.1) is 5.69 Å². The largest absolute Gasteiger partial charge is 0.423 e. The molecule has 2 aromatic rings. The first kappa shape index (κ1) is 13.7. The molecule has 0 aliphatic heterocycles. The number of anilines is 2. The fourth-order valence-electron chi connectivity index (χ4n) is 2.11. The number of nitrogens with two attached hydrogens (primary N) is 1. The van der Waals surface area contributed by atoms with Crippen LogP contribution in [0.15, 0.2) is 22.6 Å².